The third kappa shape index (κ3) is 3.85. The molecule has 100 valence electrons. The van der Waals surface area contributed by atoms with E-state index in [0.29, 0.717) is 16.4 Å². The maximum absolute atomic E-state index is 11.8. The fourth-order valence-electron chi connectivity index (χ4n) is 1.37. The van der Waals surface area contributed by atoms with Crippen LogP contribution in [-0.2, 0) is 16.8 Å². The van der Waals surface area contributed by atoms with Crippen molar-refractivity contribution < 1.29 is 18.7 Å². The minimum atomic E-state index is -2.21. The second-order valence-electron chi connectivity index (χ2n) is 3.60. The minimum Gasteiger partial charge on any atom is -0.772 e. The molecule has 0 saturated carbocycles. The van der Waals surface area contributed by atoms with Gasteiger partial charge in [-0.2, -0.15) is 0 Å². The molecule has 0 spiro atoms. The van der Waals surface area contributed by atoms with Crippen LogP contribution in [0.3, 0.4) is 0 Å². The molecule has 8 heteroatoms. The van der Waals surface area contributed by atoms with Crippen LogP contribution in [0, 0.1) is 0 Å². The topological polar surface area (TPSA) is 102 Å². The number of hydrogen-bond acceptors (Lipinski definition) is 6. The summed E-state index contributed by atoms with van der Waals surface area (Å²) in [6.07, 6.45) is 0. The van der Waals surface area contributed by atoms with Crippen LogP contribution in [-0.4, -0.2) is 24.8 Å². The molecule has 2 N–H and O–H groups in total. The zero-order valence-corrected chi connectivity index (χ0v) is 11.2. The third-order valence-corrected chi connectivity index (χ3v) is 3.48. The lowest BCUT2D eigenvalue weighted by Gasteiger charge is -2.02. The fraction of sp³-hybridized carbons (Fsp3) is 0.0909. The highest BCUT2D eigenvalue weighted by Gasteiger charge is 2.09. The number of carbonyl (C=O) groups is 1. The molecule has 0 aliphatic heterocycles. The number of hydrogen-bond donors (Lipinski definition) is 2. The van der Waals surface area contributed by atoms with E-state index >= 15 is 0 Å². The van der Waals surface area contributed by atoms with Gasteiger partial charge in [0, 0.05) is 10.9 Å². The molecule has 0 fully saturated rings. The van der Waals surface area contributed by atoms with Crippen LogP contribution >= 0.6 is 11.3 Å². The molecular formula is C11H9N2O4S2-. The maximum Gasteiger partial charge on any atom is 0.257 e. The molecular weight excluding hydrogens is 288 g/mol. The maximum atomic E-state index is 11.8. The Bertz CT molecular complexity index is 627. The van der Waals surface area contributed by atoms with Crippen molar-refractivity contribution in [3.05, 3.63) is 40.9 Å². The summed E-state index contributed by atoms with van der Waals surface area (Å²) in [7, 11) is 0. The largest absolute Gasteiger partial charge is 0.772 e. The Labute approximate surface area is 115 Å². The van der Waals surface area contributed by atoms with Gasteiger partial charge in [0.1, 0.15) is 5.75 Å². The molecule has 1 aromatic carbocycles. The van der Waals surface area contributed by atoms with Crippen LogP contribution in [0.4, 0.5) is 5.13 Å². The number of phenolic OH excluding ortho intramolecular Hbond substituents is 1. The van der Waals surface area contributed by atoms with Gasteiger partial charge in [0.05, 0.1) is 11.4 Å². The summed E-state index contributed by atoms with van der Waals surface area (Å²) in [5, 5.41) is 13.7. The SMILES string of the molecule is O=C(Nc1nc(CS(=O)[O-])cs1)c1cccc(O)c1. The first-order chi connectivity index (χ1) is 9.04. The average molecular weight is 297 g/mol. The van der Waals surface area contributed by atoms with Crippen molar-refractivity contribution in [1.82, 2.24) is 4.98 Å². The number of thiazole rings is 1. The normalized spacial score (nSPS) is 12.1. The van der Waals surface area contributed by atoms with Gasteiger partial charge in [0.15, 0.2) is 5.13 Å². The quantitative estimate of drug-likeness (QED) is 0.832. The summed E-state index contributed by atoms with van der Waals surface area (Å²) in [6.45, 7) is 0. The first-order valence-electron chi connectivity index (χ1n) is 5.15. The first kappa shape index (κ1) is 13.7. The lowest BCUT2D eigenvalue weighted by Crippen LogP contribution is -2.11. The highest BCUT2D eigenvalue weighted by atomic mass is 32.2. The van der Waals surface area contributed by atoms with Gasteiger partial charge < -0.3 is 9.66 Å². The molecule has 6 nitrogen and oxygen atoms in total. The highest BCUT2D eigenvalue weighted by Crippen LogP contribution is 2.18. The molecule has 0 aliphatic rings. The number of aromatic nitrogens is 1. The lowest BCUT2D eigenvalue weighted by molar-refractivity contribution is 0.102. The Kier molecular flexibility index (Phi) is 4.25. The number of aromatic hydroxyl groups is 1. The van der Waals surface area contributed by atoms with Crippen molar-refractivity contribution in [1.29, 1.82) is 0 Å². The summed E-state index contributed by atoms with van der Waals surface area (Å²) < 4.78 is 21.0. The van der Waals surface area contributed by atoms with Crippen LogP contribution in [0.5, 0.6) is 5.75 Å². The van der Waals surface area contributed by atoms with Gasteiger partial charge in [-0.25, -0.2) is 4.98 Å². The van der Waals surface area contributed by atoms with E-state index in [2.05, 4.69) is 10.3 Å². The van der Waals surface area contributed by atoms with Gasteiger partial charge in [-0.3, -0.25) is 14.3 Å². The second-order valence-corrected chi connectivity index (χ2v) is 5.35. The number of carbonyl (C=O) groups excluding carboxylic acids is 1. The summed E-state index contributed by atoms with van der Waals surface area (Å²) in [6, 6.07) is 5.90. The molecule has 1 aromatic heterocycles. The molecule has 1 unspecified atom stereocenters. The Morgan fingerprint density at radius 1 is 1.53 bits per heavy atom. The number of amides is 1. The molecule has 0 radical (unpaired) electrons. The van der Waals surface area contributed by atoms with Crippen LogP contribution in [0.1, 0.15) is 16.1 Å². The third-order valence-electron chi connectivity index (χ3n) is 2.15. The van der Waals surface area contributed by atoms with Crippen molar-refractivity contribution in [3.8, 4) is 5.75 Å². The Hall–Kier alpha value is -1.77. The molecule has 19 heavy (non-hydrogen) atoms. The van der Waals surface area contributed by atoms with Gasteiger partial charge in [0.25, 0.3) is 5.91 Å². The molecule has 0 aliphatic carbocycles. The number of anilines is 1. The fourth-order valence-corrected chi connectivity index (χ4v) is 2.57. The van der Waals surface area contributed by atoms with Crippen LogP contribution < -0.4 is 5.32 Å². The standard InChI is InChI=1S/C11H10N2O4S2/c14-9-3-1-2-7(4-9)10(15)13-11-12-8(5-18-11)6-19(16)17/h1-5,14H,6H2,(H,16,17)(H,12,13,15)/p-1. The van der Waals surface area contributed by atoms with E-state index in [0.717, 1.165) is 11.3 Å². The smallest absolute Gasteiger partial charge is 0.257 e. The minimum absolute atomic E-state index is 0.00534. The second kappa shape index (κ2) is 5.91. The van der Waals surface area contributed by atoms with Crippen LogP contribution in [0.2, 0.25) is 0 Å². The van der Waals surface area contributed by atoms with E-state index in [1.165, 1.54) is 12.1 Å². The summed E-state index contributed by atoms with van der Waals surface area (Å²) >= 11 is -1.07. The number of nitrogens with one attached hydrogen (secondary N) is 1. The van der Waals surface area contributed by atoms with E-state index in [1.807, 2.05) is 0 Å². The van der Waals surface area contributed by atoms with Crippen molar-refractivity contribution in [2.45, 2.75) is 5.75 Å². The molecule has 1 amide bonds. The molecule has 1 atom stereocenters. The predicted molar refractivity (Wildman–Crippen MR) is 70.8 cm³/mol. The van der Waals surface area contributed by atoms with Crippen molar-refractivity contribution in [3.63, 3.8) is 0 Å². The predicted octanol–water partition coefficient (Wildman–Crippen LogP) is 1.48. The van der Waals surface area contributed by atoms with Gasteiger partial charge in [-0.1, -0.05) is 6.07 Å². The van der Waals surface area contributed by atoms with E-state index in [4.69, 9.17) is 0 Å². The van der Waals surface area contributed by atoms with E-state index in [9.17, 15) is 18.7 Å². The summed E-state index contributed by atoms with van der Waals surface area (Å²) in [5.41, 5.74) is 0.675. The monoisotopic (exact) mass is 297 g/mol. The number of rotatable bonds is 4. The highest BCUT2D eigenvalue weighted by molar-refractivity contribution is 7.78. The Balaban J connectivity index is 2.06. The lowest BCUT2D eigenvalue weighted by atomic mass is 10.2. The number of phenols is 1. The van der Waals surface area contributed by atoms with Gasteiger partial charge in [0.2, 0.25) is 0 Å². The van der Waals surface area contributed by atoms with Gasteiger partial charge in [-0.15, -0.1) is 11.3 Å². The average Bonchev–Trinajstić information content (AvgIpc) is 2.75. The molecule has 1 heterocycles. The van der Waals surface area contributed by atoms with Crippen molar-refractivity contribution in [2.75, 3.05) is 5.32 Å². The molecule has 0 bridgehead atoms. The Morgan fingerprint density at radius 3 is 3.00 bits per heavy atom. The van der Waals surface area contributed by atoms with Gasteiger partial charge >= 0.3 is 0 Å². The number of benzene rings is 1. The molecule has 2 aromatic rings. The van der Waals surface area contributed by atoms with Crippen molar-refractivity contribution >= 4 is 33.5 Å². The van der Waals surface area contributed by atoms with E-state index in [-0.39, 0.29) is 11.5 Å². The Morgan fingerprint density at radius 2 is 2.32 bits per heavy atom. The summed E-state index contributed by atoms with van der Waals surface area (Å²) in [4.78, 5) is 15.8. The van der Waals surface area contributed by atoms with E-state index < -0.39 is 17.0 Å². The van der Waals surface area contributed by atoms with Crippen molar-refractivity contribution in [2.24, 2.45) is 0 Å². The summed E-state index contributed by atoms with van der Waals surface area (Å²) in [5.74, 6) is -0.604. The van der Waals surface area contributed by atoms with Gasteiger partial charge in [-0.05, 0) is 29.3 Å². The zero-order valence-electron chi connectivity index (χ0n) is 9.53. The van der Waals surface area contributed by atoms with Crippen LogP contribution in [0.25, 0.3) is 0 Å². The first-order valence-corrected chi connectivity index (χ1v) is 7.27. The zero-order chi connectivity index (χ0) is 13.8. The molecule has 2 rings (SSSR count). The molecule has 0 saturated heterocycles. The van der Waals surface area contributed by atoms with Crippen LogP contribution in [0.15, 0.2) is 29.6 Å². The van der Waals surface area contributed by atoms with E-state index in [1.54, 1.807) is 17.5 Å². The number of nitrogens with zero attached hydrogens (tertiary/aromatic N) is 1.